The van der Waals surface area contributed by atoms with Gasteiger partial charge in [-0.15, -0.1) is 0 Å². The molecule has 0 radical (unpaired) electrons. The number of benzene rings is 1. The Morgan fingerprint density at radius 2 is 2.00 bits per heavy atom. The van der Waals surface area contributed by atoms with Gasteiger partial charge in [0.05, 0.1) is 6.54 Å². The van der Waals surface area contributed by atoms with E-state index in [1.54, 1.807) is 6.92 Å². The normalized spacial score (nSPS) is 17.5. The summed E-state index contributed by atoms with van der Waals surface area (Å²) in [5.41, 5.74) is 4.42. The maximum Gasteiger partial charge on any atom is 0.219 e. The fourth-order valence-electron chi connectivity index (χ4n) is 3.26. The van der Waals surface area contributed by atoms with Gasteiger partial charge in [0.2, 0.25) is 5.91 Å². The number of carbonyl (C=O) groups is 1. The summed E-state index contributed by atoms with van der Waals surface area (Å²) in [6.07, 6.45) is 1.75. The molecule has 22 heavy (non-hydrogen) atoms. The van der Waals surface area contributed by atoms with Crippen molar-refractivity contribution in [3.05, 3.63) is 41.1 Å². The van der Waals surface area contributed by atoms with Crippen LogP contribution in [0.15, 0.2) is 35.5 Å². The zero-order valence-electron chi connectivity index (χ0n) is 13.1. The third-order valence-corrected chi connectivity index (χ3v) is 4.53. The van der Waals surface area contributed by atoms with Crippen LogP contribution in [-0.4, -0.2) is 43.3 Å². The molecular formula is C17H22N4O. The predicted octanol–water partition coefficient (Wildman–Crippen LogP) is 1.75. The molecule has 5 heteroatoms. The lowest BCUT2D eigenvalue weighted by molar-refractivity contribution is -0.128. The summed E-state index contributed by atoms with van der Waals surface area (Å²) in [6.45, 7) is 3.66. The van der Waals surface area contributed by atoms with E-state index in [1.165, 1.54) is 5.56 Å². The Hall–Kier alpha value is -2.30. The highest BCUT2D eigenvalue weighted by Gasteiger charge is 2.29. The van der Waals surface area contributed by atoms with Crippen LogP contribution in [0.25, 0.3) is 0 Å². The molecule has 3 rings (SSSR count). The number of carbonyl (C=O) groups excluding carboxylic acids is 1. The Morgan fingerprint density at radius 3 is 2.73 bits per heavy atom. The lowest BCUT2D eigenvalue weighted by Gasteiger charge is -2.33. The monoisotopic (exact) mass is 298 g/mol. The lowest BCUT2D eigenvalue weighted by Crippen LogP contribution is -2.43. The third-order valence-electron chi connectivity index (χ3n) is 4.53. The van der Waals surface area contributed by atoms with Crippen LogP contribution >= 0.6 is 0 Å². The summed E-state index contributed by atoms with van der Waals surface area (Å²) in [5, 5.41) is 11.9. The Morgan fingerprint density at radius 1 is 1.23 bits per heavy atom. The van der Waals surface area contributed by atoms with Gasteiger partial charge in [-0.3, -0.25) is 10.2 Å². The van der Waals surface area contributed by atoms with Crippen molar-refractivity contribution in [2.45, 2.75) is 19.8 Å². The first-order valence-corrected chi connectivity index (χ1v) is 7.71. The van der Waals surface area contributed by atoms with Crippen molar-refractivity contribution in [3.8, 4) is 0 Å². The van der Waals surface area contributed by atoms with Crippen molar-refractivity contribution in [1.29, 1.82) is 5.41 Å². The second-order valence-electron chi connectivity index (χ2n) is 5.78. The van der Waals surface area contributed by atoms with E-state index >= 15 is 0 Å². The molecular weight excluding hydrogens is 276 g/mol. The SMILES string of the molecule is CNC1=C(C(=N)N2CCc3ccccc32)CN(C(C)=O)CC1. The molecule has 0 bridgehead atoms. The average Bonchev–Trinajstić information content (AvgIpc) is 2.97. The molecule has 1 aromatic rings. The Balaban J connectivity index is 1.90. The average molecular weight is 298 g/mol. The summed E-state index contributed by atoms with van der Waals surface area (Å²) < 4.78 is 0. The largest absolute Gasteiger partial charge is 0.391 e. The van der Waals surface area contributed by atoms with Gasteiger partial charge in [-0.2, -0.15) is 0 Å². The molecule has 0 aliphatic carbocycles. The van der Waals surface area contributed by atoms with Crippen LogP contribution in [-0.2, 0) is 11.2 Å². The minimum Gasteiger partial charge on any atom is -0.391 e. The van der Waals surface area contributed by atoms with Gasteiger partial charge in [-0.1, -0.05) is 18.2 Å². The maximum atomic E-state index is 11.7. The molecule has 1 aromatic carbocycles. The quantitative estimate of drug-likeness (QED) is 0.646. The van der Waals surface area contributed by atoms with E-state index in [1.807, 2.05) is 24.1 Å². The van der Waals surface area contributed by atoms with Crippen molar-refractivity contribution in [2.75, 3.05) is 31.6 Å². The number of fused-ring (bicyclic) bond motifs is 1. The summed E-state index contributed by atoms with van der Waals surface area (Å²) in [5.74, 6) is 0.586. The smallest absolute Gasteiger partial charge is 0.219 e. The van der Waals surface area contributed by atoms with Gasteiger partial charge in [0.25, 0.3) is 0 Å². The maximum absolute atomic E-state index is 11.7. The standard InChI is InChI=1S/C17H22N4O/c1-12(22)20-9-8-15(19-2)14(11-20)17(18)21-10-7-13-5-3-4-6-16(13)21/h3-6,18-19H,7-11H2,1-2H3. The molecule has 0 atom stereocenters. The first-order chi connectivity index (χ1) is 10.6. The Labute approximate surface area is 131 Å². The fraction of sp³-hybridized carbons (Fsp3) is 0.412. The Kier molecular flexibility index (Phi) is 3.88. The number of para-hydroxylation sites is 1. The highest BCUT2D eigenvalue weighted by Crippen LogP contribution is 2.30. The number of nitrogens with zero attached hydrogens (tertiary/aromatic N) is 2. The van der Waals surface area contributed by atoms with Crippen LogP contribution in [0, 0.1) is 5.41 Å². The number of amidine groups is 1. The van der Waals surface area contributed by atoms with Crippen molar-refractivity contribution < 1.29 is 4.79 Å². The first-order valence-electron chi connectivity index (χ1n) is 7.71. The minimum atomic E-state index is 0.0716. The van der Waals surface area contributed by atoms with Gasteiger partial charge in [-0.05, 0) is 18.1 Å². The van der Waals surface area contributed by atoms with Gasteiger partial charge in [0.1, 0.15) is 5.84 Å². The van der Waals surface area contributed by atoms with E-state index in [4.69, 9.17) is 5.41 Å². The molecule has 2 N–H and O–H groups in total. The van der Waals surface area contributed by atoms with Crippen LogP contribution in [0.1, 0.15) is 18.9 Å². The highest BCUT2D eigenvalue weighted by atomic mass is 16.2. The van der Waals surface area contributed by atoms with Crippen LogP contribution in [0.4, 0.5) is 5.69 Å². The molecule has 0 aromatic heterocycles. The van der Waals surface area contributed by atoms with E-state index < -0.39 is 0 Å². The van der Waals surface area contributed by atoms with Crippen LogP contribution in [0.2, 0.25) is 0 Å². The van der Waals surface area contributed by atoms with Crippen molar-refractivity contribution in [2.24, 2.45) is 0 Å². The number of hydrogen-bond acceptors (Lipinski definition) is 3. The molecule has 1 amide bonds. The predicted molar refractivity (Wildman–Crippen MR) is 88.2 cm³/mol. The zero-order chi connectivity index (χ0) is 15.7. The molecule has 116 valence electrons. The Bertz CT molecular complexity index is 650. The molecule has 0 saturated heterocycles. The van der Waals surface area contributed by atoms with E-state index in [0.717, 1.165) is 42.9 Å². The van der Waals surface area contributed by atoms with Crippen molar-refractivity contribution in [1.82, 2.24) is 10.2 Å². The molecule has 0 unspecified atom stereocenters. The molecule has 2 heterocycles. The van der Waals surface area contributed by atoms with Gasteiger partial charge in [0, 0.05) is 50.4 Å². The summed E-state index contributed by atoms with van der Waals surface area (Å²) in [7, 11) is 1.89. The van der Waals surface area contributed by atoms with Crippen molar-refractivity contribution >= 4 is 17.4 Å². The fourth-order valence-corrected chi connectivity index (χ4v) is 3.26. The topological polar surface area (TPSA) is 59.4 Å². The number of nitrogens with one attached hydrogen (secondary N) is 2. The number of amides is 1. The molecule has 2 aliphatic rings. The summed E-state index contributed by atoms with van der Waals surface area (Å²) in [6, 6.07) is 8.25. The second kappa shape index (κ2) is 5.83. The van der Waals surface area contributed by atoms with Gasteiger partial charge >= 0.3 is 0 Å². The minimum absolute atomic E-state index is 0.0716. The zero-order valence-corrected chi connectivity index (χ0v) is 13.1. The molecule has 0 fully saturated rings. The summed E-state index contributed by atoms with van der Waals surface area (Å²) in [4.78, 5) is 15.6. The third kappa shape index (κ3) is 2.47. The van der Waals surface area contributed by atoms with Gasteiger partial charge in [0.15, 0.2) is 0 Å². The number of hydrogen-bond donors (Lipinski definition) is 2. The van der Waals surface area contributed by atoms with Gasteiger partial charge in [-0.25, -0.2) is 0 Å². The molecule has 5 nitrogen and oxygen atoms in total. The molecule has 2 aliphatic heterocycles. The van der Waals surface area contributed by atoms with Crippen LogP contribution in [0.3, 0.4) is 0 Å². The van der Waals surface area contributed by atoms with Crippen molar-refractivity contribution in [3.63, 3.8) is 0 Å². The van der Waals surface area contributed by atoms with E-state index in [-0.39, 0.29) is 5.91 Å². The highest BCUT2D eigenvalue weighted by molar-refractivity contribution is 6.09. The van der Waals surface area contributed by atoms with Crippen LogP contribution in [0.5, 0.6) is 0 Å². The molecule has 0 spiro atoms. The number of rotatable bonds is 2. The number of anilines is 1. The first kappa shape index (κ1) is 14.6. The van der Waals surface area contributed by atoms with Gasteiger partial charge < -0.3 is 15.1 Å². The second-order valence-corrected chi connectivity index (χ2v) is 5.78. The summed E-state index contributed by atoms with van der Waals surface area (Å²) >= 11 is 0. The van der Waals surface area contributed by atoms with E-state index in [2.05, 4.69) is 22.3 Å². The molecule has 0 saturated carbocycles. The lowest BCUT2D eigenvalue weighted by atomic mass is 10.0. The van der Waals surface area contributed by atoms with Crippen LogP contribution < -0.4 is 10.2 Å². The van der Waals surface area contributed by atoms with E-state index in [9.17, 15) is 4.79 Å². The van der Waals surface area contributed by atoms with E-state index in [0.29, 0.717) is 12.4 Å².